The lowest BCUT2D eigenvalue weighted by molar-refractivity contribution is 0.0986. The topological polar surface area (TPSA) is 84.2 Å². The third-order valence-corrected chi connectivity index (χ3v) is 4.10. The third-order valence-electron chi connectivity index (χ3n) is 3.85. The molecule has 3 rings (SSSR count). The molecule has 27 heavy (non-hydrogen) atoms. The maximum Gasteiger partial charge on any atom is 0.294 e. The van der Waals surface area contributed by atoms with Gasteiger partial charge in [-0.2, -0.15) is 0 Å². The molecule has 0 spiro atoms. The van der Waals surface area contributed by atoms with Crippen LogP contribution in [0.25, 0.3) is 0 Å². The lowest BCUT2D eigenvalue weighted by Gasteiger charge is -2.07. The highest BCUT2D eigenvalue weighted by Gasteiger charge is 2.15. The Bertz CT molecular complexity index is 947. The Morgan fingerprint density at radius 1 is 0.926 bits per heavy atom. The van der Waals surface area contributed by atoms with Crippen molar-refractivity contribution in [1.82, 2.24) is 5.16 Å². The van der Waals surface area contributed by atoms with E-state index in [0.29, 0.717) is 22.0 Å². The molecule has 0 fully saturated rings. The summed E-state index contributed by atoms with van der Waals surface area (Å²) < 4.78 is 5.07. The highest BCUT2D eigenvalue weighted by molar-refractivity contribution is 6.30. The fraction of sp³-hybridized carbons (Fsp3) is 0.150. The van der Waals surface area contributed by atoms with Crippen LogP contribution in [0.5, 0.6) is 0 Å². The summed E-state index contributed by atoms with van der Waals surface area (Å²) >= 11 is 5.82. The van der Waals surface area contributed by atoms with E-state index in [1.807, 2.05) is 13.8 Å². The van der Waals surface area contributed by atoms with Crippen LogP contribution in [0.4, 0.5) is 11.4 Å². The SMILES string of the molecule is CC(C)c1cc(C(=O)Nc2ccc(NC(=O)c3ccc(Cl)cc3)cc2)on1. The molecule has 0 atom stereocenters. The molecule has 2 amide bonds. The molecule has 0 radical (unpaired) electrons. The molecule has 2 N–H and O–H groups in total. The van der Waals surface area contributed by atoms with Crippen LogP contribution in [-0.4, -0.2) is 17.0 Å². The molecular formula is C20H18ClN3O3. The number of anilines is 2. The standard InChI is InChI=1S/C20H18ClN3O3/c1-12(2)17-11-18(27-24-17)20(26)23-16-9-7-15(8-10-16)22-19(25)13-3-5-14(21)6-4-13/h3-12H,1-2H3,(H,22,25)(H,23,26). The van der Waals surface area contributed by atoms with Crippen LogP contribution in [-0.2, 0) is 0 Å². The molecule has 0 bridgehead atoms. The van der Waals surface area contributed by atoms with Gasteiger partial charge in [0.05, 0.1) is 5.69 Å². The van der Waals surface area contributed by atoms with Crippen LogP contribution in [0.3, 0.4) is 0 Å². The van der Waals surface area contributed by atoms with Crippen LogP contribution in [0.1, 0.15) is 46.4 Å². The lowest BCUT2D eigenvalue weighted by atomic mass is 10.1. The van der Waals surface area contributed by atoms with Gasteiger partial charge in [-0.3, -0.25) is 9.59 Å². The monoisotopic (exact) mass is 383 g/mol. The number of rotatable bonds is 5. The Morgan fingerprint density at radius 3 is 2.00 bits per heavy atom. The Morgan fingerprint density at radius 2 is 1.48 bits per heavy atom. The normalized spacial score (nSPS) is 10.7. The second-order valence-electron chi connectivity index (χ2n) is 6.26. The summed E-state index contributed by atoms with van der Waals surface area (Å²) in [6.45, 7) is 3.94. The summed E-state index contributed by atoms with van der Waals surface area (Å²) in [5.41, 5.74) is 2.41. The number of hydrogen-bond donors (Lipinski definition) is 2. The van der Waals surface area contributed by atoms with Gasteiger partial charge in [0.15, 0.2) is 0 Å². The number of benzene rings is 2. The van der Waals surface area contributed by atoms with E-state index in [9.17, 15) is 9.59 Å². The number of nitrogens with one attached hydrogen (secondary N) is 2. The van der Waals surface area contributed by atoms with Crippen LogP contribution >= 0.6 is 11.6 Å². The molecule has 7 heteroatoms. The largest absolute Gasteiger partial charge is 0.351 e. The van der Waals surface area contributed by atoms with Crippen LogP contribution in [0.15, 0.2) is 59.1 Å². The van der Waals surface area contributed by atoms with Crippen molar-refractivity contribution < 1.29 is 14.1 Å². The maximum atomic E-state index is 12.2. The highest BCUT2D eigenvalue weighted by Crippen LogP contribution is 2.18. The van der Waals surface area contributed by atoms with Gasteiger partial charge in [0.1, 0.15) is 0 Å². The minimum absolute atomic E-state index is 0.152. The van der Waals surface area contributed by atoms with E-state index in [2.05, 4.69) is 15.8 Å². The Labute approximate surface area is 161 Å². The summed E-state index contributed by atoms with van der Waals surface area (Å²) in [5, 5.41) is 9.95. The molecule has 0 aliphatic rings. The summed E-state index contributed by atoms with van der Waals surface area (Å²) in [5.74, 6) is -0.295. The first-order valence-electron chi connectivity index (χ1n) is 8.37. The van der Waals surface area contributed by atoms with Gasteiger partial charge in [-0.15, -0.1) is 0 Å². The van der Waals surface area contributed by atoms with E-state index in [4.69, 9.17) is 16.1 Å². The van der Waals surface area contributed by atoms with Crippen molar-refractivity contribution in [3.8, 4) is 0 Å². The van der Waals surface area contributed by atoms with Crippen LogP contribution in [0.2, 0.25) is 5.02 Å². The quantitative estimate of drug-likeness (QED) is 0.652. The molecule has 1 aromatic heterocycles. The molecule has 0 aliphatic heterocycles. The molecule has 2 aromatic carbocycles. The minimum atomic E-state index is -0.382. The van der Waals surface area contributed by atoms with Crippen molar-refractivity contribution >= 4 is 34.8 Å². The van der Waals surface area contributed by atoms with Gasteiger partial charge in [0, 0.05) is 28.0 Å². The fourth-order valence-electron chi connectivity index (χ4n) is 2.30. The highest BCUT2D eigenvalue weighted by atomic mass is 35.5. The maximum absolute atomic E-state index is 12.2. The zero-order chi connectivity index (χ0) is 19.4. The second-order valence-corrected chi connectivity index (χ2v) is 6.70. The van der Waals surface area contributed by atoms with E-state index < -0.39 is 0 Å². The minimum Gasteiger partial charge on any atom is -0.351 e. The van der Waals surface area contributed by atoms with Gasteiger partial charge in [-0.25, -0.2) is 0 Å². The second kappa shape index (κ2) is 8.05. The predicted molar refractivity (Wildman–Crippen MR) is 104 cm³/mol. The first kappa shape index (κ1) is 18.7. The zero-order valence-electron chi connectivity index (χ0n) is 14.8. The first-order valence-corrected chi connectivity index (χ1v) is 8.75. The number of amides is 2. The average molecular weight is 384 g/mol. The molecular weight excluding hydrogens is 366 g/mol. The summed E-state index contributed by atoms with van der Waals surface area (Å²) in [6, 6.07) is 15.0. The number of carbonyl (C=O) groups is 2. The molecule has 1 heterocycles. The number of halogens is 1. The van der Waals surface area contributed by atoms with Gasteiger partial charge < -0.3 is 15.2 Å². The third kappa shape index (κ3) is 4.74. The zero-order valence-corrected chi connectivity index (χ0v) is 15.6. The van der Waals surface area contributed by atoms with Gasteiger partial charge in [-0.1, -0.05) is 30.6 Å². The van der Waals surface area contributed by atoms with Crippen LogP contribution in [0, 0.1) is 0 Å². The molecule has 3 aromatic rings. The van der Waals surface area contributed by atoms with Crippen molar-refractivity contribution in [3.63, 3.8) is 0 Å². The molecule has 0 saturated heterocycles. The van der Waals surface area contributed by atoms with Gasteiger partial charge in [-0.05, 0) is 54.4 Å². The fourth-order valence-corrected chi connectivity index (χ4v) is 2.43. The number of nitrogens with zero attached hydrogens (tertiary/aromatic N) is 1. The Kier molecular flexibility index (Phi) is 5.57. The molecule has 0 aliphatic carbocycles. The van der Waals surface area contributed by atoms with Crippen molar-refractivity contribution in [2.45, 2.75) is 19.8 Å². The number of carbonyl (C=O) groups excluding carboxylic acids is 2. The van der Waals surface area contributed by atoms with E-state index >= 15 is 0 Å². The molecule has 0 saturated carbocycles. The van der Waals surface area contributed by atoms with Crippen molar-refractivity contribution in [3.05, 3.63) is 76.6 Å². The molecule has 138 valence electrons. The molecule has 0 unspecified atom stereocenters. The summed E-state index contributed by atoms with van der Waals surface area (Å²) in [6.07, 6.45) is 0. The molecule has 6 nitrogen and oxygen atoms in total. The van der Waals surface area contributed by atoms with Gasteiger partial charge in [0.25, 0.3) is 11.8 Å². The average Bonchev–Trinajstić information content (AvgIpc) is 3.14. The summed E-state index contributed by atoms with van der Waals surface area (Å²) in [7, 11) is 0. The predicted octanol–water partition coefficient (Wildman–Crippen LogP) is 4.96. The number of aromatic nitrogens is 1. The van der Waals surface area contributed by atoms with E-state index in [1.54, 1.807) is 54.6 Å². The van der Waals surface area contributed by atoms with Gasteiger partial charge >= 0.3 is 0 Å². The first-order chi connectivity index (χ1) is 12.9. The van der Waals surface area contributed by atoms with Crippen LogP contribution < -0.4 is 10.6 Å². The Balaban J connectivity index is 1.61. The lowest BCUT2D eigenvalue weighted by Crippen LogP contribution is -2.12. The van der Waals surface area contributed by atoms with Crippen molar-refractivity contribution in [2.75, 3.05) is 10.6 Å². The summed E-state index contributed by atoms with van der Waals surface area (Å²) in [4.78, 5) is 24.4. The smallest absolute Gasteiger partial charge is 0.294 e. The van der Waals surface area contributed by atoms with Crippen molar-refractivity contribution in [2.24, 2.45) is 0 Å². The van der Waals surface area contributed by atoms with E-state index in [-0.39, 0.29) is 23.5 Å². The van der Waals surface area contributed by atoms with Crippen molar-refractivity contribution in [1.29, 1.82) is 0 Å². The van der Waals surface area contributed by atoms with E-state index in [0.717, 1.165) is 5.69 Å². The number of hydrogen-bond acceptors (Lipinski definition) is 4. The van der Waals surface area contributed by atoms with Gasteiger partial charge in [0.2, 0.25) is 5.76 Å². The Hall–Kier alpha value is -3.12. The van der Waals surface area contributed by atoms with E-state index in [1.165, 1.54) is 0 Å².